The molecule has 0 unspecified atom stereocenters. The first-order chi connectivity index (χ1) is 10.8. The second-order valence-corrected chi connectivity index (χ2v) is 4.89. The van der Waals surface area contributed by atoms with Crippen LogP contribution in [0.2, 0.25) is 0 Å². The molecule has 6 nitrogen and oxygen atoms in total. The highest BCUT2D eigenvalue weighted by molar-refractivity contribution is 5.88. The fourth-order valence-corrected chi connectivity index (χ4v) is 2.50. The Morgan fingerprint density at radius 1 is 1.00 bits per heavy atom. The Morgan fingerprint density at radius 3 is 2.68 bits per heavy atom. The number of hydrogen-bond acceptors (Lipinski definition) is 6. The molecule has 0 saturated carbocycles. The fourth-order valence-electron chi connectivity index (χ4n) is 2.50. The lowest BCUT2D eigenvalue weighted by molar-refractivity contribution is 0.171. The molecule has 0 fully saturated rings. The van der Waals surface area contributed by atoms with Crippen molar-refractivity contribution in [2.24, 2.45) is 0 Å². The summed E-state index contributed by atoms with van der Waals surface area (Å²) in [6.07, 6.45) is 3.34. The number of hydrogen-bond donors (Lipinski definition) is 1. The van der Waals surface area contributed by atoms with E-state index in [4.69, 9.17) is 9.47 Å². The van der Waals surface area contributed by atoms with E-state index in [1.807, 2.05) is 31.3 Å². The van der Waals surface area contributed by atoms with Gasteiger partial charge in [-0.25, -0.2) is 9.97 Å². The van der Waals surface area contributed by atoms with Crippen LogP contribution < -0.4 is 14.8 Å². The number of aromatic nitrogens is 3. The summed E-state index contributed by atoms with van der Waals surface area (Å²) in [6, 6.07) is 7.75. The number of anilines is 1. The lowest BCUT2D eigenvalue weighted by atomic mass is 10.1. The number of fused-ring (bicyclic) bond motifs is 2. The smallest absolute Gasteiger partial charge is 0.162 e. The van der Waals surface area contributed by atoms with Gasteiger partial charge in [0.1, 0.15) is 18.7 Å². The van der Waals surface area contributed by atoms with Crippen molar-refractivity contribution >= 4 is 16.9 Å². The zero-order chi connectivity index (χ0) is 14.9. The Hall–Kier alpha value is -2.89. The molecular formula is C16H14N4O2. The van der Waals surface area contributed by atoms with Crippen LogP contribution in [0.5, 0.6) is 11.5 Å². The third kappa shape index (κ3) is 2.09. The molecule has 0 aliphatic carbocycles. The molecular weight excluding hydrogens is 280 g/mol. The minimum absolute atomic E-state index is 0.564. The van der Waals surface area contributed by atoms with Gasteiger partial charge in [-0.05, 0) is 24.3 Å². The van der Waals surface area contributed by atoms with E-state index in [2.05, 4.69) is 20.3 Å². The SMILES string of the molecule is CNc1nc(-c2ccc3c(c2)OCCO3)cc2nccnc12. The number of nitrogens with zero attached hydrogens (tertiary/aromatic N) is 3. The van der Waals surface area contributed by atoms with Crippen LogP contribution in [0.15, 0.2) is 36.7 Å². The van der Waals surface area contributed by atoms with Gasteiger partial charge in [-0.15, -0.1) is 0 Å². The molecule has 110 valence electrons. The van der Waals surface area contributed by atoms with E-state index in [-0.39, 0.29) is 0 Å². The van der Waals surface area contributed by atoms with E-state index in [9.17, 15) is 0 Å². The lowest BCUT2D eigenvalue weighted by Crippen LogP contribution is -2.15. The fraction of sp³-hybridized carbons (Fsp3) is 0.188. The first-order valence-electron chi connectivity index (χ1n) is 7.05. The van der Waals surface area contributed by atoms with Crippen molar-refractivity contribution in [1.82, 2.24) is 15.0 Å². The van der Waals surface area contributed by atoms with Crippen molar-refractivity contribution in [2.75, 3.05) is 25.6 Å². The molecule has 1 aromatic carbocycles. The summed E-state index contributed by atoms with van der Waals surface area (Å²) in [5.74, 6) is 2.22. The molecule has 1 aliphatic rings. The first kappa shape index (κ1) is 12.8. The van der Waals surface area contributed by atoms with E-state index in [0.29, 0.717) is 19.0 Å². The molecule has 6 heteroatoms. The highest BCUT2D eigenvalue weighted by Crippen LogP contribution is 2.35. The van der Waals surface area contributed by atoms with E-state index in [0.717, 1.165) is 33.8 Å². The average Bonchev–Trinajstić information content (AvgIpc) is 2.60. The van der Waals surface area contributed by atoms with Crippen LogP contribution >= 0.6 is 0 Å². The molecule has 0 bridgehead atoms. The van der Waals surface area contributed by atoms with Crippen LogP contribution in [0.25, 0.3) is 22.3 Å². The predicted molar refractivity (Wildman–Crippen MR) is 83.3 cm³/mol. The maximum atomic E-state index is 5.63. The third-order valence-electron chi connectivity index (χ3n) is 3.53. The topological polar surface area (TPSA) is 69.2 Å². The van der Waals surface area contributed by atoms with Gasteiger partial charge in [0, 0.05) is 25.0 Å². The minimum atomic E-state index is 0.564. The molecule has 3 aromatic rings. The quantitative estimate of drug-likeness (QED) is 0.783. The molecule has 1 aliphatic heterocycles. The van der Waals surface area contributed by atoms with E-state index in [1.54, 1.807) is 12.4 Å². The molecule has 1 N–H and O–H groups in total. The number of benzene rings is 1. The number of pyridine rings is 1. The second kappa shape index (κ2) is 5.14. The van der Waals surface area contributed by atoms with Gasteiger partial charge >= 0.3 is 0 Å². The van der Waals surface area contributed by atoms with Crippen molar-refractivity contribution in [3.63, 3.8) is 0 Å². The van der Waals surface area contributed by atoms with E-state index in [1.165, 1.54) is 0 Å². The second-order valence-electron chi connectivity index (χ2n) is 4.89. The highest BCUT2D eigenvalue weighted by atomic mass is 16.6. The molecule has 0 saturated heterocycles. The van der Waals surface area contributed by atoms with Gasteiger partial charge in [-0.2, -0.15) is 0 Å². The summed E-state index contributed by atoms with van der Waals surface area (Å²) < 4.78 is 11.2. The predicted octanol–water partition coefficient (Wildman–Crippen LogP) is 2.50. The Labute approximate surface area is 127 Å². The zero-order valence-corrected chi connectivity index (χ0v) is 12.0. The van der Waals surface area contributed by atoms with E-state index >= 15 is 0 Å². The van der Waals surface area contributed by atoms with Gasteiger partial charge in [-0.1, -0.05) is 0 Å². The molecule has 3 heterocycles. The molecule has 0 radical (unpaired) electrons. The Balaban J connectivity index is 1.87. The van der Waals surface area contributed by atoms with E-state index < -0.39 is 0 Å². The molecule has 0 amide bonds. The van der Waals surface area contributed by atoms with Crippen LogP contribution in [0.3, 0.4) is 0 Å². The van der Waals surface area contributed by atoms with Crippen molar-refractivity contribution in [3.05, 3.63) is 36.7 Å². The molecule has 0 spiro atoms. The Bertz CT molecular complexity index is 851. The van der Waals surface area contributed by atoms with Crippen LogP contribution in [0.4, 0.5) is 5.82 Å². The van der Waals surface area contributed by atoms with Gasteiger partial charge in [0.15, 0.2) is 17.3 Å². The molecule has 22 heavy (non-hydrogen) atoms. The maximum Gasteiger partial charge on any atom is 0.162 e. The Morgan fingerprint density at radius 2 is 1.82 bits per heavy atom. The average molecular weight is 294 g/mol. The number of rotatable bonds is 2. The standard InChI is InChI=1S/C16H14N4O2/c1-17-16-15-12(18-4-5-19-15)9-11(20-16)10-2-3-13-14(8-10)22-7-6-21-13/h2-5,8-9H,6-7H2,1H3,(H,17,20). The first-order valence-corrected chi connectivity index (χ1v) is 7.05. The largest absolute Gasteiger partial charge is 0.486 e. The molecule has 0 atom stereocenters. The van der Waals surface area contributed by atoms with Gasteiger partial charge in [0.2, 0.25) is 0 Å². The van der Waals surface area contributed by atoms with Crippen molar-refractivity contribution in [2.45, 2.75) is 0 Å². The summed E-state index contributed by atoms with van der Waals surface area (Å²) in [5, 5.41) is 3.07. The highest BCUT2D eigenvalue weighted by Gasteiger charge is 2.14. The van der Waals surface area contributed by atoms with Crippen molar-refractivity contribution in [3.8, 4) is 22.8 Å². The third-order valence-corrected chi connectivity index (χ3v) is 3.53. The van der Waals surface area contributed by atoms with Crippen LogP contribution in [-0.2, 0) is 0 Å². The lowest BCUT2D eigenvalue weighted by Gasteiger charge is -2.19. The zero-order valence-electron chi connectivity index (χ0n) is 12.0. The van der Waals surface area contributed by atoms with Gasteiger partial charge in [0.25, 0.3) is 0 Å². The maximum absolute atomic E-state index is 5.63. The minimum Gasteiger partial charge on any atom is -0.486 e. The summed E-state index contributed by atoms with van der Waals surface area (Å²) in [6.45, 7) is 1.15. The van der Waals surface area contributed by atoms with Gasteiger partial charge < -0.3 is 14.8 Å². The summed E-state index contributed by atoms with van der Waals surface area (Å²) >= 11 is 0. The van der Waals surface area contributed by atoms with Gasteiger partial charge in [-0.3, -0.25) is 4.98 Å². The van der Waals surface area contributed by atoms with Crippen molar-refractivity contribution in [1.29, 1.82) is 0 Å². The summed E-state index contributed by atoms with van der Waals surface area (Å²) in [4.78, 5) is 13.3. The monoisotopic (exact) mass is 294 g/mol. The number of ether oxygens (including phenoxy) is 2. The summed E-state index contributed by atoms with van der Waals surface area (Å²) in [7, 11) is 1.82. The van der Waals surface area contributed by atoms with Crippen LogP contribution in [-0.4, -0.2) is 35.2 Å². The van der Waals surface area contributed by atoms with Gasteiger partial charge in [0.05, 0.1) is 11.2 Å². The van der Waals surface area contributed by atoms with Crippen LogP contribution in [0, 0.1) is 0 Å². The molecule has 2 aromatic heterocycles. The summed E-state index contributed by atoms with van der Waals surface area (Å²) in [5.41, 5.74) is 3.32. The Kier molecular flexibility index (Phi) is 3.00. The normalized spacial score (nSPS) is 13.1. The van der Waals surface area contributed by atoms with Crippen molar-refractivity contribution < 1.29 is 9.47 Å². The van der Waals surface area contributed by atoms with Crippen LogP contribution in [0.1, 0.15) is 0 Å². The number of nitrogens with one attached hydrogen (secondary N) is 1. The molecule has 4 rings (SSSR count).